The van der Waals surface area contributed by atoms with Crippen LogP contribution in [-0.4, -0.2) is 166 Å². The number of hydrogen-bond acceptors (Lipinski definition) is 16. The highest BCUT2D eigenvalue weighted by Crippen LogP contribution is 2.16. The highest BCUT2D eigenvalue weighted by atomic mass is 19.1. The SMILES string of the molecule is CC[C@H](C)[C@H](NC(=O)[C@H](CC(C)C)NC(=O)[C@H](Cc1ccc(F)cc1)NC(=O)CNC(=O)[C@@H](NC(=O)[C@@H](N)CCCCN)C(C)C)C(=O)N[C@@H](CCC(N)=O)C(=O)N[C@@H](CC(C)C)C(=O)N[C@@H](Cc1ccc(F)cc1)C(=O)N[C@@H](Cc1cnc[nH]1)C(=O)N[C@@H](CCCCN)C(=O)O. The van der Waals surface area contributed by atoms with Crippen LogP contribution in [0.1, 0.15) is 143 Å². The van der Waals surface area contributed by atoms with Gasteiger partial charge in [-0.3, -0.25) is 52.7 Å². The van der Waals surface area contributed by atoms with Crippen LogP contribution in [0, 0.1) is 35.3 Å². The molecule has 0 spiro atoms. The summed E-state index contributed by atoms with van der Waals surface area (Å²) < 4.78 is 28.3. The van der Waals surface area contributed by atoms with E-state index < -0.39 is 174 Å². The van der Waals surface area contributed by atoms with E-state index in [1.54, 1.807) is 55.4 Å². The predicted octanol–water partition coefficient (Wildman–Crippen LogP) is -0.0751. The standard InChI is InChI=1S/C66H102F2N16O13/c1-9-39(8)56(84-63(93)49(29-37(4)5)80-60(90)50(30-40-16-20-42(67)21-17-40)76-54(86)34-74-64(94)55(38(6)7)83-57(87)45(71)14-10-12-26-69)65(95)77-46(24-25-53(72)85)58(88)79-48(28-36(2)3)59(89)81-51(31-41-18-22-43(68)23-19-41)61(91)82-52(32-44-33-73-35-75-44)62(92)78-47(66(96)97)15-11-13-27-70/h16-23,33,35-39,45-52,55-56H,9-15,24-32,34,69-71H2,1-8H3,(H2,72,85)(H,73,75)(H,74,94)(H,76,86)(H,77,95)(H,78,92)(H,79,88)(H,80,90)(H,81,89)(H,82,91)(H,83,87)(H,84,93)(H,96,97)/t39-,45-,46-,47-,48-,49-,50-,51-,52-,55-,56-/m0/s1. The molecule has 11 amide bonds. The molecule has 0 aliphatic heterocycles. The van der Waals surface area contributed by atoms with Crippen LogP contribution in [0.4, 0.5) is 8.78 Å². The topological polar surface area (TPSA) is 478 Å². The van der Waals surface area contributed by atoms with Crippen LogP contribution in [0.2, 0.25) is 0 Å². The number of imidazole rings is 1. The largest absolute Gasteiger partial charge is 0.480 e. The maximum Gasteiger partial charge on any atom is 0.326 e. The van der Waals surface area contributed by atoms with Crippen molar-refractivity contribution < 1.29 is 71.4 Å². The first kappa shape index (κ1) is 82.3. The van der Waals surface area contributed by atoms with Crippen molar-refractivity contribution in [2.75, 3.05) is 19.6 Å². The second kappa shape index (κ2) is 42.6. The number of aromatic nitrogens is 2. The number of carbonyl (C=O) groups excluding carboxylic acids is 11. The lowest BCUT2D eigenvalue weighted by Crippen LogP contribution is -2.61. The van der Waals surface area contributed by atoms with Crippen molar-refractivity contribution in [3.8, 4) is 0 Å². The van der Waals surface area contributed by atoms with E-state index in [1.807, 2.05) is 0 Å². The molecule has 0 aliphatic rings. The molecule has 0 saturated carbocycles. The van der Waals surface area contributed by atoms with Gasteiger partial charge in [-0.05, 0) is 124 Å². The van der Waals surface area contributed by atoms with Gasteiger partial charge in [0, 0.05) is 37.6 Å². The molecule has 3 rings (SSSR count). The van der Waals surface area contributed by atoms with Gasteiger partial charge in [-0.15, -0.1) is 0 Å². The third-order valence-electron chi connectivity index (χ3n) is 15.9. The van der Waals surface area contributed by atoms with Gasteiger partial charge in [0.15, 0.2) is 0 Å². The smallest absolute Gasteiger partial charge is 0.326 e. The van der Waals surface area contributed by atoms with E-state index in [2.05, 4.69) is 63.1 Å². The van der Waals surface area contributed by atoms with Crippen LogP contribution >= 0.6 is 0 Å². The fraction of sp³-hybridized carbons (Fsp3) is 0.591. The van der Waals surface area contributed by atoms with Crippen molar-refractivity contribution in [3.63, 3.8) is 0 Å². The monoisotopic (exact) mass is 1360 g/mol. The maximum absolute atomic E-state index is 14.6. The highest BCUT2D eigenvalue weighted by molar-refractivity contribution is 5.99. The minimum Gasteiger partial charge on any atom is -0.480 e. The van der Waals surface area contributed by atoms with E-state index in [-0.39, 0.29) is 63.3 Å². The number of nitrogens with two attached hydrogens (primary N) is 4. The molecule has 1 aromatic heterocycles. The Kier molecular flexibility index (Phi) is 36.1. The predicted molar refractivity (Wildman–Crippen MR) is 356 cm³/mol. The lowest BCUT2D eigenvalue weighted by molar-refractivity contribution is -0.142. The number of H-pyrrole nitrogens is 1. The first-order valence-electron chi connectivity index (χ1n) is 33.0. The van der Waals surface area contributed by atoms with Crippen LogP contribution in [-0.2, 0) is 76.8 Å². The lowest BCUT2D eigenvalue weighted by Gasteiger charge is -2.30. The van der Waals surface area contributed by atoms with E-state index in [0.717, 1.165) is 24.3 Å². The summed E-state index contributed by atoms with van der Waals surface area (Å²) in [5.41, 5.74) is 23.9. The molecule has 20 N–H and O–H groups in total. The molecule has 0 aliphatic carbocycles. The molecular weight excluding hydrogens is 1260 g/mol. The number of halogens is 2. The van der Waals surface area contributed by atoms with Crippen molar-refractivity contribution in [2.24, 2.45) is 46.6 Å². The summed E-state index contributed by atoms with van der Waals surface area (Å²) in [4.78, 5) is 172. The number of aliphatic carboxylic acids is 1. The molecular formula is C66H102F2N16O13. The van der Waals surface area contributed by atoms with Crippen LogP contribution in [0.5, 0.6) is 0 Å². The van der Waals surface area contributed by atoms with Gasteiger partial charge in [-0.2, -0.15) is 0 Å². The Labute approximate surface area is 565 Å². The molecule has 0 fully saturated rings. The summed E-state index contributed by atoms with van der Waals surface area (Å²) in [5.74, 6) is -13.6. The molecule has 11 atom stereocenters. The molecule has 3 aromatic rings. The summed E-state index contributed by atoms with van der Waals surface area (Å²) in [6.07, 6.45) is 3.74. The van der Waals surface area contributed by atoms with E-state index >= 15 is 0 Å². The fourth-order valence-corrected chi connectivity index (χ4v) is 10.2. The second-order valence-corrected chi connectivity index (χ2v) is 25.5. The van der Waals surface area contributed by atoms with Crippen LogP contribution in [0.15, 0.2) is 61.1 Å². The Balaban J connectivity index is 1.94. The second-order valence-electron chi connectivity index (χ2n) is 25.5. The molecule has 97 heavy (non-hydrogen) atoms. The number of carboxylic acids is 1. The molecule has 0 unspecified atom stereocenters. The van der Waals surface area contributed by atoms with Crippen molar-refractivity contribution in [3.05, 3.63) is 89.5 Å². The Morgan fingerprint density at radius 3 is 1.39 bits per heavy atom. The Hall–Kier alpha value is -8.97. The molecule has 31 heteroatoms. The maximum atomic E-state index is 14.6. The molecule has 2 aromatic carbocycles. The normalized spacial score (nSPS) is 14.7. The summed E-state index contributed by atoms with van der Waals surface area (Å²) in [6, 6.07) is -3.60. The minimum absolute atomic E-state index is 0.0156. The quantitative estimate of drug-likeness (QED) is 0.0329. The van der Waals surface area contributed by atoms with Gasteiger partial charge in [0.1, 0.15) is 66.0 Å². The van der Waals surface area contributed by atoms with Gasteiger partial charge in [0.05, 0.1) is 18.9 Å². The zero-order valence-corrected chi connectivity index (χ0v) is 56.7. The van der Waals surface area contributed by atoms with E-state index in [0.29, 0.717) is 55.5 Å². The number of primary amides is 1. The number of carboxylic acid groups (broad SMARTS) is 1. The van der Waals surface area contributed by atoms with Gasteiger partial charge >= 0.3 is 5.97 Å². The molecule has 0 radical (unpaired) electrons. The number of unbranched alkanes of at least 4 members (excludes halogenated alkanes) is 2. The van der Waals surface area contributed by atoms with Crippen LogP contribution < -0.4 is 76.1 Å². The minimum atomic E-state index is -1.60. The number of rotatable bonds is 45. The highest BCUT2D eigenvalue weighted by Gasteiger charge is 2.37. The van der Waals surface area contributed by atoms with Gasteiger partial charge in [0.25, 0.3) is 0 Å². The molecule has 29 nitrogen and oxygen atoms in total. The van der Waals surface area contributed by atoms with Crippen LogP contribution in [0.3, 0.4) is 0 Å². The number of carbonyl (C=O) groups is 12. The number of benzene rings is 2. The average Bonchev–Trinajstić information content (AvgIpc) is 1.22. The van der Waals surface area contributed by atoms with E-state index in [4.69, 9.17) is 22.9 Å². The van der Waals surface area contributed by atoms with Gasteiger partial charge < -0.3 is 86.2 Å². The van der Waals surface area contributed by atoms with Crippen molar-refractivity contribution in [2.45, 2.75) is 206 Å². The number of amides is 11. The molecule has 1 heterocycles. The summed E-state index contributed by atoms with van der Waals surface area (Å²) >= 11 is 0. The summed E-state index contributed by atoms with van der Waals surface area (Å²) in [6.45, 7) is 13.7. The number of nitrogens with one attached hydrogen (secondary N) is 11. The Morgan fingerprint density at radius 1 is 0.505 bits per heavy atom. The van der Waals surface area contributed by atoms with Crippen molar-refractivity contribution in [1.82, 2.24) is 63.1 Å². The fourth-order valence-electron chi connectivity index (χ4n) is 10.2. The summed E-state index contributed by atoms with van der Waals surface area (Å²) in [5, 5.41) is 36.1. The van der Waals surface area contributed by atoms with E-state index in [1.165, 1.54) is 36.8 Å². The zero-order valence-electron chi connectivity index (χ0n) is 56.7. The number of aromatic amines is 1. The molecule has 538 valence electrons. The third-order valence-corrected chi connectivity index (χ3v) is 15.9. The van der Waals surface area contributed by atoms with Crippen molar-refractivity contribution >= 4 is 70.9 Å². The van der Waals surface area contributed by atoms with Crippen molar-refractivity contribution in [1.29, 1.82) is 0 Å². The van der Waals surface area contributed by atoms with Crippen LogP contribution in [0.25, 0.3) is 0 Å². The lowest BCUT2D eigenvalue weighted by atomic mass is 9.95. The Morgan fingerprint density at radius 2 is 0.938 bits per heavy atom. The van der Waals surface area contributed by atoms with Gasteiger partial charge in [-0.1, -0.05) is 92.5 Å². The third kappa shape index (κ3) is 30.3. The number of nitrogens with zero attached hydrogens (tertiary/aromatic N) is 1. The molecule has 0 bridgehead atoms. The Bertz CT molecular complexity index is 3050. The number of hydrogen-bond donors (Lipinski definition) is 16. The zero-order chi connectivity index (χ0) is 72.5. The van der Waals surface area contributed by atoms with Gasteiger partial charge in [-0.25, -0.2) is 18.6 Å². The summed E-state index contributed by atoms with van der Waals surface area (Å²) in [7, 11) is 0. The first-order valence-corrected chi connectivity index (χ1v) is 33.0. The average molecular weight is 1370 g/mol. The molecule has 0 saturated heterocycles. The van der Waals surface area contributed by atoms with Gasteiger partial charge in [0.2, 0.25) is 65.0 Å². The van der Waals surface area contributed by atoms with E-state index in [9.17, 15) is 71.4 Å². The first-order chi connectivity index (χ1) is 45.8.